The van der Waals surface area contributed by atoms with Gasteiger partial charge in [0.1, 0.15) is 6.61 Å². The first-order chi connectivity index (χ1) is 13.5. The minimum Gasteiger partial charge on any atom is -0.493 e. The molecule has 0 saturated heterocycles. The van der Waals surface area contributed by atoms with E-state index in [9.17, 15) is 0 Å². The summed E-state index contributed by atoms with van der Waals surface area (Å²) in [5.74, 6) is 1.37. The predicted molar refractivity (Wildman–Crippen MR) is 116 cm³/mol. The summed E-state index contributed by atoms with van der Waals surface area (Å²) in [6, 6.07) is 19.4. The van der Waals surface area contributed by atoms with Crippen LogP contribution in [0, 0.1) is 13.8 Å². The molecule has 0 heterocycles. The van der Waals surface area contributed by atoms with Crippen molar-refractivity contribution in [1.29, 1.82) is 0 Å². The number of ether oxygens (including phenoxy) is 2. The SMILES string of the molecule is COc1cc(/C=N/Nc2ccc(Cl)cc2)ccc1OCc1cc(C)ccc1C. The van der Waals surface area contributed by atoms with E-state index in [0.717, 1.165) is 11.3 Å². The molecule has 3 aromatic carbocycles. The Hall–Kier alpha value is -2.98. The quantitative estimate of drug-likeness (QED) is 0.395. The largest absolute Gasteiger partial charge is 0.493 e. The molecule has 0 unspecified atom stereocenters. The van der Waals surface area contributed by atoms with Gasteiger partial charge in [-0.1, -0.05) is 35.4 Å². The second kappa shape index (κ2) is 9.29. The zero-order chi connectivity index (χ0) is 19.9. The van der Waals surface area contributed by atoms with Crippen LogP contribution in [-0.4, -0.2) is 13.3 Å². The van der Waals surface area contributed by atoms with Gasteiger partial charge < -0.3 is 9.47 Å². The number of anilines is 1. The molecule has 4 nitrogen and oxygen atoms in total. The van der Waals surface area contributed by atoms with Crippen LogP contribution >= 0.6 is 11.6 Å². The molecule has 144 valence electrons. The van der Waals surface area contributed by atoms with E-state index in [-0.39, 0.29) is 0 Å². The smallest absolute Gasteiger partial charge is 0.161 e. The van der Waals surface area contributed by atoms with Crippen LogP contribution in [0.2, 0.25) is 5.02 Å². The standard InChI is InChI=1S/C23H23ClN2O2/c1-16-4-5-17(2)19(12-16)15-28-22-11-6-18(13-23(22)27-3)14-25-26-21-9-7-20(24)8-10-21/h4-14,26H,15H2,1-3H3/b25-14+. The Morgan fingerprint density at radius 3 is 2.50 bits per heavy atom. The highest BCUT2D eigenvalue weighted by Crippen LogP contribution is 2.29. The molecule has 3 aromatic rings. The lowest BCUT2D eigenvalue weighted by molar-refractivity contribution is 0.284. The molecule has 0 atom stereocenters. The number of hydrogen-bond acceptors (Lipinski definition) is 4. The highest BCUT2D eigenvalue weighted by molar-refractivity contribution is 6.30. The highest BCUT2D eigenvalue weighted by atomic mass is 35.5. The van der Waals surface area contributed by atoms with Crippen molar-refractivity contribution < 1.29 is 9.47 Å². The number of hydrogen-bond donors (Lipinski definition) is 1. The van der Waals surface area contributed by atoms with Crippen LogP contribution in [0.5, 0.6) is 11.5 Å². The average Bonchev–Trinajstić information content (AvgIpc) is 2.70. The number of rotatable bonds is 7. The van der Waals surface area contributed by atoms with Crippen LogP contribution in [0.4, 0.5) is 5.69 Å². The van der Waals surface area contributed by atoms with Crippen molar-refractivity contribution in [3.63, 3.8) is 0 Å². The van der Waals surface area contributed by atoms with Gasteiger partial charge in [-0.15, -0.1) is 0 Å². The first kappa shape index (κ1) is 19.8. The molecule has 0 aliphatic heterocycles. The molecule has 3 rings (SSSR count). The van der Waals surface area contributed by atoms with Crippen molar-refractivity contribution in [2.45, 2.75) is 20.5 Å². The fraction of sp³-hybridized carbons (Fsp3) is 0.174. The highest BCUT2D eigenvalue weighted by Gasteiger charge is 2.07. The van der Waals surface area contributed by atoms with Crippen molar-refractivity contribution in [3.8, 4) is 11.5 Å². The third-order valence-electron chi connectivity index (χ3n) is 4.33. The molecule has 5 heteroatoms. The molecule has 0 fully saturated rings. The molecule has 0 amide bonds. The minimum atomic E-state index is 0.495. The van der Waals surface area contributed by atoms with Gasteiger partial charge in [-0.2, -0.15) is 5.10 Å². The molecular weight excluding hydrogens is 372 g/mol. The third kappa shape index (κ3) is 5.27. The summed E-state index contributed by atoms with van der Waals surface area (Å²) in [6.45, 7) is 4.66. The number of methoxy groups -OCH3 is 1. The van der Waals surface area contributed by atoms with Crippen LogP contribution < -0.4 is 14.9 Å². The van der Waals surface area contributed by atoms with Crippen molar-refractivity contribution in [2.24, 2.45) is 5.10 Å². The monoisotopic (exact) mass is 394 g/mol. The van der Waals surface area contributed by atoms with Crippen molar-refractivity contribution in [3.05, 3.63) is 87.9 Å². The van der Waals surface area contributed by atoms with E-state index in [1.165, 1.54) is 16.7 Å². The molecular formula is C23H23ClN2O2. The van der Waals surface area contributed by atoms with Crippen LogP contribution in [0.25, 0.3) is 0 Å². The van der Waals surface area contributed by atoms with Crippen LogP contribution in [-0.2, 0) is 6.61 Å². The number of nitrogens with zero attached hydrogens (tertiary/aromatic N) is 1. The summed E-state index contributed by atoms with van der Waals surface area (Å²) in [7, 11) is 1.63. The lowest BCUT2D eigenvalue weighted by Gasteiger charge is -2.13. The van der Waals surface area contributed by atoms with Gasteiger partial charge in [0.15, 0.2) is 11.5 Å². The zero-order valence-corrected chi connectivity index (χ0v) is 17.0. The van der Waals surface area contributed by atoms with E-state index < -0.39 is 0 Å². The van der Waals surface area contributed by atoms with E-state index in [0.29, 0.717) is 23.1 Å². The number of hydrazone groups is 1. The first-order valence-electron chi connectivity index (χ1n) is 8.97. The average molecular weight is 395 g/mol. The Kier molecular flexibility index (Phi) is 6.56. The van der Waals surface area contributed by atoms with Gasteiger partial charge in [0.25, 0.3) is 0 Å². The summed E-state index contributed by atoms with van der Waals surface area (Å²) in [5, 5.41) is 4.94. The van der Waals surface area contributed by atoms with Gasteiger partial charge in [0.2, 0.25) is 0 Å². The lowest BCUT2D eigenvalue weighted by atomic mass is 10.1. The van der Waals surface area contributed by atoms with E-state index in [1.807, 2.05) is 42.5 Å². The summed E-state index contributed by atoms with van der Waals surface area (Å²) in [6.07, 6.45) is 1.73. The first-order valence-corrected chi connectivity index (χ1v) is 9.34. The fourth-order valence-corrected chi connectivity index (χ4v) is 2.83. The Balaban J connectivity index is 1.66. The Labute approximate surface area is 170 Å². The lowest BCUT2D eigenvalue weighted by Crippen LogP contribution is -2.00. The molecule has 0 aliphatic rings. The number of aryl methyl sites for hydroxylation is 2. The molecule has 0 aromatic heterocycles. The maximum atomic E-state index is 5.99. The van der Waals surface area contributed by atoms with Crippen LogP contribution in [0.3, 0.4) is 0 Å². The van der Waals surface area contributed by atoms with Crippen molar-refractivity contribution in [1.82, 2.24) is 0 Å². The van der Waals surface area contributed by atoms with Gasteiger partial charge in [-0.25, -0.2) is 0 Å². The number of nitrogens with one attached hydrogen (secondary N) is 1. The van der Waals surface area contributed by atoms with E-state index in [4.69, 9.17) is 21.1 Å². The predicted octanol–water partition coefficient (Wildman–Crippen LogP) is 5.99. The number of benzene rings is 3. The van der Waals surface area contributed by atoms with Crippen LogP contribution in [0.15, 0.2) is 65.8 Å². The molecule has 0 aliphatic carbocycles. The maximum Gasteiger partial charge on any atom is 0.161 e. The van der Waals surface area contributed by atoms with Gasteiger partial charge >= 0.3 is 0 Å². The fourth-order valence-electron chi connectivity index (χ4n) is 2.70. The molecule has 0 spiro atoms. The topological polar surface area (TPSA) is 42.8 Å². The summed E-state index contributed by atoms with van der Waals surface area (Å²) in [4.78, 5) is 0. The van der Waals surface area contributed by atoms with Gasteiger partial charge in [0.05, 0.1) is 19.0 Å². The Morgan fingerprint density at radius 1 is 0.964 bits per heavy atom. The Bertz CT molecular complexity index is 969. The molecule has 0 saturated carbocycles. The van der Waals surface area contributed by atoms with Crippen LogP contribution in [0.1, 0.15) is 22.3 Å². The molecule has 0 bridgehead atoms. The minimum absolute atomic E-state index is 0.495. The van der Waals surface area contributed by atoms with Gasteiger partial charge in [0, 0.05) is 5.02 Å². The van der Waals surface area contributed by atoms with Gasteiger partial charge in [-0.05, 0) is 73.0 Å². The maximum absolute atomic E-state index is 5.99. The summed E-state index contributed by atoms with van der Waals surface area (Å²) < 4.78 is 11.5. The molecule has 28 heavy (non-hydrogen) atoms. The number of halogens is 1. The molecule has 1 N–H and O–H groups in total. The summed E-state index contributed by atoms with van der Waals surface area (Å²) in [5.41, 5.74) is 8.33. The Morgan fingerprint density at radius 2 is 1.75 bits per heavy atom. The van der Waals surface area contributed by atoms with E-state index in [2.05, 4.69) is 42.6 Å². The van der Waals surface area contributed by atoms with Crippen molar-refractivity contribution >= 4 is 23.5 Å². The second-order valence-electron chi connectivity index (χ2n) is 6.51. The normalized spacial score (nSPS) is 10.9. The molecule has 0 radical (unpaired) electrons. The summed E-state index contributed by atoms with van der Waals surface area (Å²) >= 11 is 5.88. The second-order valence-corrected chi connectivity index (χ2v) is 6.94. The third-order valence-corrected chi connectivity index (χ3v) is 4.58. The zero-order valence-electron chi connectivity index (χ0n) is 16.2. The van der Waals surface area contributed by atoms with Crippen molar-refractivity contribution in [2.75, 3.05) is 12.5 Å². The van der Waals surface area contributed by atoms with Gasteiger partial charge in [-0.3, -0.25) is 5.43 Å². The van der Waals surface area contributed by atoms with E-state index >= 15 is 0 Å². The van der Waals surface area contributed by atoms with E-state index in [1.54, 1.807) is 13.3 Å².